The van der Waals surface area contributed by atoms with Crippen LogP contribution >= 0.6 is 0 Å². The van der Waals surface area contributed by atoms with Crippen molar-refractivity contribution in [2.45, 2.75) is 60.8 Å². The Hall–Kier alpha value is -1.73. The average molecular weight is 393 g/mol. The minimum atomic E-state index is 0. The summed E-state index contributed by atoms with van der Waals surface area (Å²) >= 11 is 0. The Morgan fingerprint density at radius 1 is 0.808 bits per heavy atom. The fourth-order valence-corrected chi connectivity index (χ4v) is 2.89. The summed E-state index contributed by atoms with van der Waals surface area (Å²) in [6, 6.07) is 12.8. The van der Waals surface area contributed by atoms with Gasteiger partial charge in [-0.1, -0.05) is 25.5 Å². The predicted octanol–water partition coefficient (Wildman–Crippen LogP) is 6.97. The van der Waals surface area contributed by atoms with Gasteiger partial charge in [-0.3, -0.25) is 9.98 Å². The van der Waals surface area contributed by atoms with E-state index in [1.165, 1.54) is 22.3 Å². The van der Waals surface area contributed by atoms with Crippen molar-refractivity contribution in [3.05, 3.63) is 58.7 Å². The largest absolute Gasteiger partial charge is 0.252 e. The van der Waals surface area contributed by atoms with Gasteiger partial charge in [-0.05, 0) is 94.0 Å². The van der Waals surface area contributed by atoms with E-state index in [0.717, 1.165) is 42.1 Å². The zero-order valence-electron chi connectivity index (χ0n) is 16.8. The van der Waals surface area contributed by atoms with E-state index >= 15 is 0 Å². The van der Waals surface area contributed by atoms with Crippen LogP contribution in [0, 0.1) is 27.7 Å². The van der Waals surface area contributed by atoms with E-state index in [4.69, 9.17) is 9.98 Å². The molecule has 0 radical (unpaired) electrons. The summed E-state index contributed by atoms with van der Waals surface area (Å²) < 4.78 is 0. The van der Waals surface area contributed by atoms with Crippen LogP contribution in [0.1, 0.15) is 55.4 Å². The Kier molecular flexibility index (Phi) is 8.95. The van der Waals surface area contributed by atoms with Gasteiger partial charge in [0.2, 0.25) is 0 Å². The molecule has 2 nitrogen and oxygen atoms in total. The second-order valence-electron chi connectivity index (χ2n) is 6.97. The molecule has 0 amide bonds. The maximum atomic E-state index is 4.92. The first kappa shape index (κ1) is 22.3. The Bertz CT molecular complexity index is 784. The zero-order chi connectivity index (χ0) is 18.4. The Morgan fingerprint density at radius 2 is 1.46 bits per heavy atom. The number of nitrogens with zero attached hydrogens (tertiary/aromatic N) is 2. The molecule has 0 heterocycles. The van der Waals surface area contributed by atoms with Crippen molar-refractivity contribution < 1.29 is 16.5 Å². The average Bonchev–Trinajstić information content (AvgIpc) is 2.53. The van der Waals surface area contributed by atoms with Crippen LogP contribution in [0.15, 0.2) is 46.4 Å². The first-order valence-electron chi connectivity index (χ1n) is 9.18. The molecule has 0 aliphatic rings. The Labute approximate surface area is 168 Å². The van der Waals surface area contributed by atoms with E-state index in [-0.39, 0.29) is 16.5 Å². The summed E-state index contributed by atoms with van der Waals surface area (Å²) in [5, 5.41) is 0. The van der Waals surface area contributed by atoms with Gasteiger partial charge < -0.3 is 0 Å². The molecule has 0 N–H and O–H groups in total. The summed E-state index contributed by atoms with van der Waals surface area (Å²) in [6.07, 6.45) is 3.25. The fraction of sp³-hybridized carbons (Fsp3) is 0.391. The van der Waals surface area contributed by atoms with Gasteiger partial charge in [-0.25, -0.2) is 0 Å². The molecule has 0 saturated carbocycles. The molecule has 2 rings (SSSR count). The maximum Gasteiger partial charge on any atom is 0.0638 e. The molecule has 3 heteroatoms. The number of aryl methyl sites for hydroxylation is 4. The molecule has 0 aromatic heterocycles. The van der Waals surface area contributed by atoms with E-state index in [0.29, 0.717) is 0 Å². The predicted molar refractivity (Wildman–Crippen MR) is 111 cm³/mol. The normalized spacial score (nSPS) is 12.1. The molecule has 0 unspecified atom stereocenters. The van der Waals surface area contributed by atoms with Crippen LogP contribution in [-0.4, -0.2) is 11.4 Å². The number of unbranched alkanes of at least 4 members (excludes halogenated alkanes) is 1. The second kappa shape index (κ2) is 10.4. The molecule has 0 fully saturated rings. The van der Waals surface area contributed by atoms with Crippen molar-refractivity contribution in [3.8, 4) is 0 Å². The fourth-order valence-electron chi connectivity index (χ4n) is 2.89. The van der Waals surface area contributed by atoms with Crippen LogP contribution in [0.25, 0.3) is 0 Å². The van der Waals surface area contributed by atoms with Crippen molar-refractivity contribution >= 4 is 22.8 Å². The molecule has 0 atom stereocenters. The van der Waals surface area contributed by atoms with Crippen LogP contribution < -0.4 is 0 Å². The molecule has 0 bridgehead atoms. The van der Waals surface area contributed by atoms with Gasteiger partial charge in [-0.2, -0.15) is 0 Å². The van der Waals surface area contributed by atoms with Crippen molar-refractivity contribution in [3.63, 3.8) is 0 Å². The van der Waals surface area contributed by atoms with Crippen LogP contribution in [0.2, 0.25) is 0 Å². The number of benzene rings is 2. The van der Waals surface area contributed by atoms with Crippen molar-refractivity contribution in [2.75, 3.05) is 0 Å². The van der Waals surface area contributed by atoms with E-state index in [2.05, 4.69) is 77.9 Å². The molecular weight excluding hydrogens is 363 g/mol. The van der Waals surface area contributed by atoms with Gasteiger partial charge in [0.1, 0.15) is 0 Å². The van der Waals surface area contributed by atoms with Crippen molar-refractivity contribution in [1.29, 1.82) is 0 Å². The van der Waals surface area contributed by atoms with E-state index in [1.54, 1.807) is 0 Å². The monoisotopic (exact) mass is 392 g/mol. The topological polar surface area (TPSA) is 24.7 Å². The van der Waals surface area contributed by atoms with Crippen LogP contribution in [0.5, 0.6) is 0 Å². The third-order valence-electron chi connectivity index (χ3n) is 4.44. The second-order valence-corrected chi connectivity index (χ2v) is 6.97. The van der Waals surface area contributed by atoms with Gasteiger partial charge in [0.05, 0.1) is 22.8 Å². The smallest absolute Gasteiger partial charge is 0.0638 e. The standard InChI is InChI=1S/C23H30N2.Ni/c1-7-8-9-23(25-21-11-10-18(4)19(5)15-21)20(6)24-22-13-16(2)12-17(3)14-22;/h10-15H,7-9H2,1-6H3;/b24-20+,25-23+;. The summed E-state index contributed by atoms with van der Waals surface area (Å²) in [5.41, 5.74) is 9.19. The van der Waals surface area contributed by atoms with Gasteiger partial charge >= 0.3 is 0 Å². The third kappa shape index (κ3) is 6.54. The van der Waals surface area contributed by atoms with Gasteiger partial charge in [0, 0.05) is 16.5 Å². The number of hydrogen-bond donors (Lipinski definition) is 0. The van der Waals surface area contributed by atoms with Crippen molar-refractivity contribution in [2.24, 2.45) is 9.98 Å². The molecule has 142 valence electrons. The molecule has 2 aromatic rings. The minimum absolute atomic E-state index is 0. The van der Waals surface area contributed by atoms with Gasteiger partial charge in [-0.15, -0.1) is 0 Å². The molecule has 0 aliphatic heterocycles. The Morgan fingerprint density at radius 3 is 2.04 bits per heavy atom. The summed E-state index contributed by atoms with van der Waals surface area (Å²) in [5.74, 6) is 0. The number of aliphatic imine (C=N–C) groups is 2. The molecule has 2 aromatic carbocycles. The molecule has 26 heavy (non-hydrogen) atoms. The summed E-state index contributed by atoms with van der Waals surface area (Å²) in [6.45, 7) is 12.8. The Balaban J connectivity index is 0.00000338. The molecule has 0 aliphatic carbocycles. The van der Waals surface area contributed by atoms with Crippen LogP contribution in [0.4, 0.5) is 11.4 Å². The molecule has 0 saturated heterocycles. The van der Waals surface area contributed by atoms with E-state index in [1.807, 2.05) is 0 Å². The summed E-state index contributed by atoms with van der Waals surface area (Å²) in [4.78, 5) is 9.78. The van der Waals surface area contributed by atoms with Crippen molar-refractivity contribution in [1.82, 2.24) is 0 Å². The zero-order valence-corrected chi connectivity index (χ0v) is 17.8. The van der Waals surface area contributed by atoms with Crippen LogP contribution in [-0.2, 0) is 16.5 Å². The third-order valence-corrected chi connectivity index (χ3v) is 4.44. The molecule has 0 spiro atoms. The molecular formula is C23H30N2Ni. The van der Waals surface area contributed by atoms with Crippen LogP contribution in [0.3, 0.4) is 0 Å². The first-order valence-corrected chi connectivity index (χ1v) is 9.18. The maximum absolute atomic E-state index is 4.92. The number of hydrogen-bond acceptors (Lipinski definition) is 2. The SMILES string of the molecule is CCCCC(=N\c1ccc(C)c(C)c1)/C(C)=N/c1cc(C)cc(C)c1.[Ni]. The number of rotatable bonds is 6. The van der Waals surface area contributed by atoms with Gasteiger partial charge in [0.25, 0.3) is 0 Å². The first-order chi connectivity index (χ1) is 11.9. The van der Waals surface area contributed by atoms with E-state index < -0.39 is 0 Å². The van der Waals surface area contributed by atoms with Gasteiger partial charge in [0.15, 0.2) is 0 Å². The minimum Gasteiger partial charge on any atom is -0.252 e. The quantitative estimate of drug-likeness (QED) is 0.374. The summed E-state index contributed by atoms with van der Waals surface area (Å²) in [7, 11) is 0. The van der Waals surface area contributed by atoms with E-state index in [9.17, 15) is 0 Å².